The van der Waals surface area contributed by atoms with Crippen LogP contribution in [0.3, 0.4) is 0 Å². The molecule has 9 heteroatoms. The molecule has 1 saturated carbocycles. The highest BCUT2D eigenvalue weighted by atomic mass is 19.4. The predicted molar refractivity (Wildman–Crippen MR) is 90.7 cm³/mol. The Labute approximate surface area is 154 Å². The van der Waals surface area contributed by atoms with Crippen LogP contribution in [0.4, 0.5) is 13.2 Å². The number of hydrogen-bond donors (Lipinski definition) is 3. The van der Waals surface area contributed by atoms with E-state index in [9.17, 15) is 22.8 Å². The molecule has 2 unspecified atom stereocenters. The van der Waals surface area contributed by atoms with Crippen LogP contribution in [-0.4, -0.2) is 31.1 Å². The van der Waals surface area contributed by atoms with E-state index in [0.29, 0.717) is 11.5 Å². The summed E-state index contributed by atoms with van der Waals surface area (Å²) in [6.07, 6.45) is -2.66. The van der Waals surface area contributed by atoms with Crippen molar-refractivity contribution in [2.45, 2.75) is 50.6 Å². The van der Waals surface area contributed by atoms with Gasteiger partial charge in [0.25, 0.3) is 0 Å². The van der Waals surface area contributed by atoms with Crippen LogP contribution >= 0.6 is 0 Å². The Hall–Kier alpha value is -2.29. The Morgan fingerprint density at radius 1 is 1.33 bits per heavy atom. The summed E-state index contributed by atoms with van der Waals surface area (Å²) < 4.78 is 43.7. The van der Waals surface area contributed by atoms with Crippen molar-refractivity contribution in [3.8, 4) is 5.75 Å². The van der Waals surface area contributed by atoms with Crippen LogP contribution in [0.5, 0.6) is 5.75 Å². The van der Waals surface area contributed by atoms with E-state index in [1.165, 1.54) is 13.2 Å². The number of ether oxygens (including phenoxy) is 1. The van der Waals surface area contributed by atoms with Crippen LogP contribution in [0.25, 0.3) is 0 Å². The molecular formula is C18H22F3N3O3. The Kier molecular flexibility index (Phi) is 5.32. The van der Waals surface area contributed by atoms with Crippen LogP contribution in [0.2, 0.25) is 0 Å². The van der Waals surface area contributed by atoms with Gasteiger partial charge in [0.15, 0.2) is 0 Å². The van der Waals surface area contributed by atoms with Crippen LogP contribution in [0.1, 0.15) is 43.4 Å². The lowest BCUT2D eigenvalue weighted by Crippen LogP contribution is -2.61. The third kappa shape index (κ3) is 4.52. The van der Waals surface area contributed by atoms with E-state index in [4.69, 9.17) is 4.74 Å². The Morgan fingerprint density at radius 3 is 2.63 bits per heavy atom. The van der Waals surface area contributed by atoms with Crippen molar-refractivity contribution >= 4 is 11.8 Å². The highest BCUT2D eigenvalue weighted by Crippen LogP contribution is 2.35. The molecule has 148 valence electrons. The summed E-state index contributed by atoms with van der Waals surface area (Å²) in [6, 6.07) is 1.90. The van der Waals surface area contributed by atoms with E-state index >= 15 is 0 Å². The van der Waals surface area contributed by atoms with E-state index in [1.807, 2.05) is 0 Å². The number of carbonyl (C=O) groups is 2. The third-order valence-electron chi connectivity index (χ3n) is 4.88. The van der Waals surface area contributed by atoms with Gasteiger partial charge in [0.1, 0.15) is 5.75 Å². The molecular weight excluding hydrogens is 363 g/mol. The van der Waals surface area contributed by atoms with Crippen molar-refractivity contribution in [2.75, 3.05) is 7.11 Å². The number of hydrogen-bond acceptors (Lipinski definition) is 4. The summed E-state index contributed by atoms with van der Waals surface area (Å²) in [7, 11) is 1.28. The number of carbonyl (C=O) groups excluding carboxylic acids is 2. The van der Waals surface area contributed by atoms with Gasteiger partial charge >= 0.3 is 6.18 Å². The minimum Gasteiger partial charge on any atom is -0.496 e. The van der Waals surface area contributed by atoms with Crippen molar-refractivity contribution < 1.29 is 27.5 Å². The molecule has 2 amide bonds. The van der Waals surface area contributed by atoms with Gasteiger partial charge in [-0.15, -0.1) is 0 Å². The molecule has 27 heavy (non-hydrogen) atoms. The standard InChI is InChI=1S/C18H22F3N3O3/c1-9(12-6-5-11(18(19,20)21)7-14(12)27-2)22-17(26)13-8-15(25)24-16(23-13)10-3-4-10/h5-7,9-10,13,16,23H,3-4,8H2,1-2H3,(H,22,26)(H,24,25)/t9-,13?,16?/m1/s1. The average Bonchev–Trinajstić information content (AvgIpc) is 3.44. The molecule has 0 spiro atoms. The fourth-order valence-electron chi connectivity index (χ4n) is 3.22. The molecule has 2 fully saturated rings. The van der Waals surface area contributed by atoms with Gasteiger partial charge in [-0.3, -0.25) is 14.9 Å². The van der Waals surface area contributed by atoms with E-state index < -0.39 is 23.8 Å². The van der Waals surface area contributed by atoms with Crippen LogP contribution < -0.4 is 20.7 Å². The monoisotopic (exact) mass is 385 g/mol. The van der Waals surface area contributed by atoms with Gasteiger partial charge in [0, 0.05) is 5.56 Å². The van der Waals surface area contributed by atoms with Crippen molar-refractivity contribution in [2.24, 2.45) is 5.92 Å². The number of nitrogens with one attached hydrogen (secondary N) is 3. The second-order valence-corrected chi connectivity index (χ2v) is 6.99. The molecule has 1 saturated heterocycles. The summed E-state index contributed by atoms with van der Waals surface area (Å²) in [5, 5.41) is 8.72. The largest absolute Gasteiger partial charge is 0.496 e. The van der Waals surface area contributed by atoms with E-state index in [0.717, 1.165) is 25.0 Å². The van der Waals surface area contributed by atoms with Gasteiger partial charge in [0.05, 0.1) is 37.3 Å². The molecule has 1 heterocycles. The number of alkyl halides is 3. The molecule has 0 aromatic heterocycles. The highest BCUT2D eigenvalue weighted by molar-refractivity contribution is 5.89. The average molecular weight is 385 g/mol. The molecule has 3 atom stereocenters. The quantitative estimate of drug-likeness (QED) is 0.725. The zero-order chi connectivity index (χ0) is 19.8. The molecule has 3 N–H and O–H groups in total. The summed E-state index contributed by atoms with van der Waals surface area (Å²) >= 11 is 0. The number of halogens is 3. The topological polar surface area (TPSA) is 79.5 Å². The fourth-order valence-corrected chi connectivity index (χ4v) is 3.22. The molecule has 2 aliphatic rings. The Bertz CT molecular complexity index is 734. The maximum Gasteiger partial charge on any atom is 0.416 e. The number of rotatable bonds is 5. The van der Waals surface area contributed by atoms with Gasteiger partial charge in [0.2, 0.25) is 11.8 Å². The second kappa shape index (κ2) is 7.38. The first kappa shape index (κ1) is 19.5. The zero-order valence-corrected chi connectivity index (χ0v) is 15.0. The van der Waals surface area contributed by atoms with Gasteiger partial charge in [-0.2, -0.15) is 13.2 Å². The lowest BCUT2D eigenvalue weighted by molar-refractivity contribution is -0.137. The van der Waals surface area contributed by atoms with Gasteiger partial charge < -0.3 is 15.4 Å². The number of amides is 2. The molecule has 1 aliphatic heterocycles. The second-order valence-electron chi connectivity index (χ2n) is 6.99. The van der Waals surface area contributed by atoms with E-state index in [1.54, 1.807) is 6.92 Å². The van der Waals surface area contributed by atoms with Crippen molar-refractivity contribution in [3.05, 3.63) is 29.3 Å². The van der Waals surface area contributed by atoms with Crippen molar-refractivity contribution in [1.82, 2.24) is 16.0 Å². The Balaban J connectivity index is 1.69. The molecule has 1 aromatic rings. The summed E-state index contributed by atoms with van der Waals surface area (Å²) in [4.78, 5) is 24.4. The smallest absolute Gasteiger partial charge is 0.416 e. The lowest BCUT2D eigenvalue weighted by Gasteiger charge is -2.31. The Morgan fingerprint density at radius 2 is 2.04 bits per heavy atom. The summed E-state index contributed by atoms with van der Waals surface area (Å²) in [5.74, 6) is -0.171. The van der Waals surface area contributed by atoms with Gasteiger partial charge in [-0.1, -0.05) is 6.07 Å². The van der Waals surface area contributed by atoms with Crippen molar-refractivity contribution in [1.29, 1.82) is 0 Å². The fraction of sp³-hybridized carbons (Fsp3) is 0.556. The highest BCUT2D eigenvalue weighted by Gasteiger charge is 2.39. The number of methoxy groups -OCH3 is 1. The van der Waals surface area contributed by atoms with Crippen LogP contribution in [0.15, 0.2) is 18.2 Å². The molecule has 3 rings (SSSR count). The molecule has 1 aromatic carbocycles. The van der Waals surface area contributed by atoms with Crippen molar-refractivity contribution in [3.63, 3.8) is 0 Å². The van der Waals surface area contributed by atoms with Gasteiger partial charge in [-0.25, -0.2) is 0 Å². The SMILES string of the molecule is COc1cc(C(F)(F)F)ccc1[C@@H](C)NC(=O)C1CC(=O)NC(C2CC2)N1. The van der Waals surface area contributed by atoms with E-state index in [2.05, 4.69) is 16.0 Å². The minimum atomic E-state index is -4.48. The molecule has 0 radical (unpaired) electrons. The van der Waals surface area contributed by atoms with Crippen LogP contribution in [0, 0.1) is 5.92 Å². The first-order valence-corrected chi connectivity index (χ1v) is 8.80. The normalized spacial score (nSPS) is 24.1. The molecule has 6 nitrogen and oxygen atoms in total. The first-order valence-electron chi connectivity index (χ1n) is 8.80. The molecule has 0 bridgehead atoms. The maximum atomic E-state index is 12.9. The number of benzene rings is 1. The summed E-state index contributed by atoms with van der Waals surface area (Å²) in [5.41, 5.74) is -0.391. The maximum absolute atomic E-state index is 12.9. The van der Waals surface area contributed by atoms with E-state index in [-0.39, 0.29) is 30.2 Å². The first-order chi connectivity index (χ1) is 12.7. The summed E-state index contributed by atoms with van der Waals surface area (Å²) in [6.45, 7) is 1.66. The van der Waals surface area contributed by atoms with Gasteiger partial charge in [-0.05, 0) is 37.8 Å². The third-order valence-corrected chi connectivity index (χ3v) is 4.88. The molecule has 1 aliphatic carbocycles. The zero-order valence-electron chi connectivity index (χ0n) is 15.0. The predicted octanol–water partition coefficient (Wildman–Crippen LogP) is 2.11. The van der Waals surface area contributed by atoms with Crippen LogP contribution in [-0.2, 0) is 15.8 Å². The minimum absolute atomic E-state index is 0.0198. The lowest BCUT2D eigenvalue weighted by atomic mass is 10.0.